The lowest BCUT2D eigenvalue weighted by molar-refractivity contribution is -0.118. The molecule has 1 amide bonds. The fourth-order valence-corrected chi connectivity index (χ4v) is 4.01. The highest BCUT2D eigenvalue weighted by Gasteiger charge is 2.51. The SMILES string of the molecule is Cc1ccc(-c2cc(NC(=O)C3(c4ccc5c(c4)OCO5)CC3)ccc2CO)cc1. The second-order valence-electron chi connectivity index (χ2n) is 8.00. The minimum atomic E-state index is -0.527. The van der Waals surface area contributed by atoms with Crippen molar-refractivity contribution in [2.45, 2.75) is 31.8 Å². The van der Waals surface area contributed by atoms with Crippen LogP contribution in [0.2, 0.25) is 0 Å². The maximum atomic E-state index is 13.2. The van der Waals surface area contributed by atoms with Gasteiger partial charge in [-0.25, -0.2) is 0 Å². The minimum absolute atomic E-state index is 0.0204. The van der Waals surface area contributed by atoms with E-state index in [0.29, 0.717) is 5.75 Å². The van der Waals surface area contributed by atoms with Gasteiger partial charge >= 0.3 is 0 Å². The summed E-state index contributed by atoms with van der Waals surface area (Å²) in [6.07, 6.45) is 1.61. The Morgan fingerprint density at radius 1 is 1.00 bits per heavy atom. The van der Waals surface area contributed by atoms with Crippen LogP contribution in [0.5, 0.6) is 11.5 Å². The predicted molar refractivity (Wildman–Crippen MR) is 115 cm³/mol. The van der Waals surface area contributed by atoms with Gasteiger partial charge in [-0.05, 0) is 66.3 Å². The number of amides is 1. The number of fused-ring (bicyclic) bond motifs is 1. The zero-order valence-electron chi connectivity index (χ0n) is 16.8. The second-order valence-corrected chi connectivity index (χ2v) is 8.00. The monoisotopic (exact) mass is 401 g/mol. The van der Waals surface area contributed by atoms with Crippen molar-refractivity contribution in [3.05, 3.63) is 77.4 Å². The van der Waals surface area contributed by atoms with Crippen LogP contribution in [-0.4, -0.2) is 17.8 Å². The van der Waals surface area contributed by atoms with Crippen molar-refractivity contribution < 1.29 is 19.4 Å². The molecule has 0 saturated heterocycles. The molecule has 0 aromatic heterocycles. The van der Waals surface area contributed by atoms with Crippen LogP contribution in [-0.2, 0) is 16.8 Å². The Bertz CT molecular complexity index is 1120. The molecule has 5 rings (SSSR count). The van der Waals surface area contributed by atoms with Crippen molar-refractivity contribution in [2.24, 2.45) is 0 Å². The summed E-state index contributed by atoms with van der Waals surface area (Å²) in [5.74, 6) is 1.39. The number of hydrogen-bond donors (Lipinski definition) is 2. The Kier molecular flexibility index (Phi) is 4.48. The molecule has 152 valence electrons. The van der Waals surface area contributed by atoms with E-state index in [4.69, 9.17) is 9.47 Å². The van der Waals surface area contributed by atoms with E-state index < -0.39 is 5.41 Å². The van der Waals surface area contributed by atoms with E-state index in [2.05, 4.69) is 5.32 Å². The normalized spacial score (nSPS) is 15.7. The Morgan fingerprint density at radius 2 is 1.77 bits per heavy atom. The van der Waals surface area contributed by atoms with Gasteiger partial charge in [0.15, 0.2) is 11.5 Å². The molecule has 1 aliphatic carbocycles. The van der Waals surface area contributed by atoms with Crippen molar-refractivity contribution >= 4 is 11.6 Å². The number of aryl methyl sites for hydroxylation is 1. The molecule has 1 fully saturated rings. The molecule has 1 heterocycles. The van der Waals surface area contributed by atoms with Gasteiger partial charge in [-0.15, -0.1) is 0 Å². The van der Waals surface area contributed by atoms with E-state index in [1.807, 2.05) is 67.6 Å². The summed E-state index contributed by atoms with van der Waals surface area (Å²) < 4.78 is 10.9. The molecule has 0 unspecified atom stereocenters. The van der Waals surface area contributed by atoms with Crippen molar-refractivity contribution in [2.75, 3.05) is 12.1 Å². The van der Waals surface area contributed by atoms with Gasteiger partial charge in [-0.1, -0.05) is 42.0 Å². The quantitative estimate of drug-likeness (QED) is 0.658. The van der Waals surface area contributed by atoms with Gasteiger partial charge in [0.2, 0.25) is 12.7 Å². The van der Waals surface area contributed by atoms with Crippen LogP contribution in [0.1, 0.15) is 29.5 Å². The number of benzene rings is 3. The van der Waals surface area contributed by atoms with Gasteiger partial charge < -0.3 is 19.9 Å². The largest absolute Gasteiger partial charge is 0.454 e. The summed E-state index contributed by atoms with van der Waals surface area (Å²) in [7, 11) is 0. The molecular weight excluding hydrogens is 378 g/mol. The Balaban J connectivity index is 1.42. The van der Waals surface area contributed by atoms with Gasteiger partial charge in [0.25, 0.3) is 0 Å². The molecule has 1 aliphatic heterocycles. The summed E-state index contributed by atoms with van der Waals surface area (Å²) in [4.78, 5) is 13.2. The molecule has 2 aliphatic rings. The second kappa shape index (κ2) is 7.18. The van der Waals surface area contributed by atoms with E-state index >= 15 is 0 Å². The smallest absolute Gasteiger partial charge is 0.235 e. The standard InChI is InChI=1S/C25H23NO4/c1-16-2-4-17(5-3-16)21-13-20(8-6-18(21)14-27)26-24(28)25(10-11-25)19-7-9-22-23(12-19)30-15-29-22/h2-9,12-13,27H,10-11,14-15H2,1H3,(H,26,28). The van der Waals surface area contributed by atoms with E-state index in [9.17, 15) is 9.90 Å². The molecule has 5 nitrogen and oxygen atoms in total. The van der Waals surface area contributed by atoms with Gasteiger partial charge in [-0.3, -0.25) is 4.79 Å². The topological polar surface area (TPSA) is 67.8 Å². The summed E-state index contributed by atoms with van der Waals surface area (Å²) in [6, 6.07) is 19.5. The average molecular weight is 401 g/mol. The number of carbonyl (C=O) groups excluding carboxylic acids is 1. The number of nitrogens with one attached hydrogen (secondary N) is 1. The number of carbonyl (C=O) groups is 1. The van der Waals surface area contributed by atoms with Crippen molar-refractivity contribution in [3.63, 3.8) is 0 Å². The van der Waals surface area contributed by atoms with Gasteiger partial charge in [-0.2, -0.15) is 0 Å². The van der Waals surface area contributed by atoms with Crippen LogP contribution >= 0.6 is 0 Å². The zero-order chi connectivity index (χ0) is 20.7. The van der Waals surface area contributed by atoms with Gasteiger partial charge in [0.1, 0.15) is 0 Å². The third kappa shape index (κ3) is 3.21. The first-order valence-electron chi connectivity index (χ1n) is 10.1. The van der Waals surface area contributed by atoms with Crippen LogP contribution in [0, 0.1) is 6.92 Å². The number of anilines is 1. The van der Waals surface area contributed by atoms with E-state index in [1.165, 1.54) is 5.56 Å². The zero-order valence-corrected chi connectivity index (χ0v) is 16.8. The fraction of sp³-hybridized carbons (Fsp3) is 0.240. The number of ether oxygens (including phenoxy) is 2. The molecule has 0 spiro atoms. The Hall–Kier alpha value is -3.31. The lowest BCUT2D eigenvalue weighted by Crippen LogP contribution is -2.27. The maximum absolute atomic E-state index is 13.2. The van der Waals surface area contributed by atoms with Crippen molar-refractivity contribution in [1.29, 1.82) is 0 Å². The number of aliphatic hydroxyl groups excluding tert-OH is 1. The van der Waals surface area contributed by atoms with Crippen LogP contribution in [0.4, 0.5) is 5.69 Å². The lowest BCUT2D eigenvalue weighted by atomic mass is 9.94. The van der Waals surface area contributed by atoms with Crippen LogP contribution < -0.4 is 14.8 Å². The van der Waals surface area contributed by atoms with Crippen molar-refractivity contribution in [3.8, 4) is 22.6 Å². The first-order valence-corrected chi connectivity index (χ1v) is 10.1. The molecule has 5 heteroatoms. The molecule has 1 saturated carbocycles. The van der Waals surface area contributed by atoms with E-state index in [0.717, 1.165) is 46.5 Å². The summed E-state index contributed by atoms with van der Waals surface area (Å²) in [5.41, 5.74) is 5.08. The Morgan fingerprint density at radius 3 is 2.50 bits per heavy atom. The van der Waals surface area contributed by atoms with E-state index in [-0.39, 0.29) is 19.3 Å². The molecule has 3 aromatic rings. The van der Waals surface area contributed by atoms with Gasteiger partial charge in [0.05, 0.1) is 12.0 Å². The number of aliphatic hydroxyl groups is 1. The number of hydrogen-bond acceptors (Lipinski definition) is 4. The molecule has 0 bridgehead atoms. The molecule has 30 heavy (non-hydrogen) atoms. The Labute approximate surface area is 175 Å². The average Bonchev–Trinajstić information content (AvgIpc) is 3.45. The van der Waals surface area contributed by atoms with Crippen LogP contribution in [0.3, 0.4) is 0 Å². The summed E-state index contributed by atoms with van der Waals surface area (Å²) in [5, 5.41) is 12.9. The highest BCUT2D eigenvalue weighted by molar-refractivity contribution is 6.02. The number of rotatable bonds is 5. The van der Waals surface area contributed by atoms with Crippen molar-refractivity contribution in [1.82, 2.24) is 0 Å². The van der Waals surface area contributed by atoms with Crippen LogP contribution in [0.15, 0.2) is 60.7 Å². The van der Waals surface area contributed by atoms with Crippen LogP contribution in [0.25, 0.3) is 11.1 Å². The molecule has 3 aromatic carbocycles. The summed E-state index contributed by atoms with van der Waals surface area (Å²) >= 11 is 0. The highest BCUT2D eigenvalue weighted by atomic mass is 16.7. The maximum Gasteiger partial charge on any atom is 0.235 e. The molecule has 0 atom stereocenters. The minimum Gasteiger partial charge on any atom is -0.454 e. The summed E-state index contributed by atoms with van der Waals surface area (Å²) in [6.45, 7) is 2.20. The third-order valence-corrected chi connectivity index (χ3v) is 6.01. The molecular formula is C25H23NO4. The highest BCUT2D eigenvalue weighted by Crippen LogP contribution is 2.51. The first kappa shape index (κ1) is 18.7. The first-order chi connectivity index (χ1) is 14.6. The predicted octanol–water partition coefficient (Wildman–Crippen LogP) is 4.55. The molecule has 0 radical (unpaired) electrons. The van der Waals surface area contributed by atoms with Gasteiger partial charge in [0, 0.05) is 5.69 Å². The fourth-order valence-electron chi connectivity index (χ4n) is 4.01. The third-order valence-electron chi connectivity index (χ3n) is 6.01. The molecule has 2 N–H and O–H groups in total. The lowest BCUT2D eigenvalue weighted by Gasteiger charge is -2.17. The van der Waals surface area contributed by atoms with E-state index in [1.54, 1.807) is 0 Å².